The van der Waals surface area contributed by atoms with E-state index in [-0.39, 0.29) is 24.9 Å². The van der Waals surface area contributed by atoms with Crippen LogP contribution in [-0.4, -0.2) is 43.6 Å². The SMILES string of the molecule is Cc1cccc(OCC(=O)NCCCCN2CCCC2)c1.Cl. The highest BCUT2D eigenvalue weighted by atomic mass is 35.5. The van der Waals surface area contributed by atoms with E-state index in [1.807, 2.05) is 31.2 Å². The number of nitrogens with zero attached hydrogens (tertiary/aromatic N) is 1. The number of hydrogen-bond acceptors (Lipinski definition) is 3. The Balaban J connectivity index is 0.00000242. The number of carbonyl (C=O) groups excluding carboxylic acids is 1. The molecule has 1 fully saturated rings. The van der Waals surface area contributed by atoms with Gasteiger partial charge >= 0.3 is 0 Å². The Labute approximate surface area is 139 Å². The molecule has 0 unspecified atom stereocenters. The van der Waals surface area contributed by atoms with Crippen molar-refractivity contribution in [3.63, 3.8) is 0 Å². The van der Waals surface area contributed by atoms with Crippen LogP contribution in [0.15, 0.2) is 24.3 Å². The van der Waals surface area contributed by atoms with Crippen LogP contribution in [-0.2, 0) is 4.79 Å². The number of rotatable bonds is 8. The molecule has 0 aromatic heterocycles. The monoisotopic (exact) mass is 326 g/mol. The number of aryl methyl sites for hydroxylation is 1. The summed E-state index contributed by atoms with van der Waals surface area (Å²) in [5, 5.41) is 2.91. The van der Waals surface area contributed by atoms with Gasteiger partial charge in [0.1, 0.15) is 5.75 Å². The van der Waals surface area contributed by atoms with Gasteiger partial charge in [0.2, 0.25) is 0 Å². The molecule has 1 aromatic carbocycles. The van der Waals surface area contributed by atoms with E-state index in [2.05, 4.69) is 10.2 Å². The molecule has 0 aliphatic carbocycles. The standard InChI is InChI=1S/C17H26N2O2.ClH/c1-15-7-6-8-16(13-15)21-14-17(20)18-9-2-3-10-19-11-4-5-12-19;/h6-8,13H,2-5,9-12,14H2,1H3,(H,18,20);1H. The zero-order valence-corrected chi connectivity index (χ0v) is 14.2. The molecule has 0 saturated carbocycles. The van der Waals surface area contributed by atoms with Gasteiger partial charge in [-0.1, -0.05) is 12.1 Å². The first-order chi connectivity index (χ1) is 10.2. The predicted molar refractivity (Wildman–Crippen MR) is 91.8 cm³/mol. The molecule has 1 N–H and O–H groups in total. The first kappa shape index (κ1) is 18.8. The minimum atomic E-state index is -0.0438. The maximum atomic E-state index is 11.7. The summed E-state index contributed by atoms with van der Waals surface area (Å²) in [6.45, 7) is 6.50. The van der Waals surface area contributed by atoms with Gasteiger partial charge in [-0.05, 0) is 69.9 Å². The van der Waals surface area contributed by atoms with Crippen molar-refractivity contribution >= 4 is 18.3 Å². The number of hydrogen-bond donors (Lipinski definition) is 1. The average Bonchev–Trinajstić information content (AvgIpc) is 2.98. The third-order valence-corrected chi connectivity index (χ3v) is 3.78. The fourth-order valence-electron chi connectivity index (χ4n) is 2.60. The number of halogens is 1. The van der Waals surface area contributed by atoms with Crippen molar-refractivity contribution < 1.29 is 9.53 Å². The molecule has 124 valence electrons. The lowest BCUT2D eigenvalue weighted by molar-refractivity contribution is -0.123. The van der Waals surface area contributed by atoms with Crippen LogP contribution in [0, 0.1) is 6.92 Å². The Hall–Kier alpha value is -1.26. The van der Waals surface area contributed by atoms with Crippen molar-refractivity contribution in [1.82, 2.24) is 10.2 Å². The number of likely N-dealkylation sites (tertiary alicyclic amines) is 1. The van der Waals surface area contributed by atoms with Gasteiger partial charge < -0.3 is 15.0 Å². The summed E-state index contributed by atoms with van der Waals surface area (Å²) in [7, 11) is 0. The van der Waals surface area contributed by atoms with Crippen molar-refractivity contribution in [1.29, 1.82) is 0 Å². The largest absolute Gasteiger partial charge is 0.484 e. The minimum absolute atomic E-state index is 0. The summed E-state index contributed by atoms with van der Waals surface area (Å²) in [4.78, 5) is 14.2. The fourth-order valence-corrected chi connectivity index (χ4v) is 2.60. The van der Waals surface area contributed by atoms with Crippen molar-refractivity contribution in [3.05, 3.63) is 29.8 Å². The van der Waals surface area contributed by atoms with E-state index >= 15 is 0 Å². The molecule has 5 heteroatoms. The van der Waals surface area contributed by atoms with Crippen LogP contribution in [0.5, 0.6) is 5.75 Å². The van der Waals surface area contributed by atoms with Crippen LogP contribution in [0.4, 0.5) is 0 Å². The second kappa shape index (κ2) is 10.5. The number of ether oxygens (including phenoxy) is 1. The van der Waals surface area contributed by atoms with Crippen molar-refractivity contribution in [2.45, 2.75) is 32.6 Å². The molecule has 22 heavy (non-hydrogen) atoms. The molecule has 0 atom stereocenters. The fraction of sp³-hybridized carbons (Fsp3) is 0.588. The second-order valence-corrected chi connectivity index (χ2v) is 5.71. The topological polar surface area (TPSA) is 41.6 Å². The summed E-state index contributed by atoms with van der Waals surface area (Å²) in [5.74, 6) is 0.705. The molecule has 1 amide bonds. The van der Waals surface area contributed by atoms with Gasteiger partial charge in [0.05, 0.1) is 0 Å². The molecule has 2 rings (SSSR count). The Morgan fingerprint density at radius 3 is 2.77 bits per heavy atom. The maximum absolute atomic E-state index is 11.7. The van der Waals surface area contributed by atoms with E-state index in [1.165, 1.54) is 25.9 Å². The average molecular weight is 327 g/mol. The molecule has 1 aliphatic heterocycles. The normalized spacial score (nSPS) is 14.4. The van der Waals surface area contributed by atoms with Crippen LogP contribution in [0.2, 0.25) is 0 Å². The molecule has 0 spiro atoms. The molecule has 0 radical (unpaired) electrons. The van der Waals surface area contributed by atoms with Crippen LogP contribution in [0.1, 0.15) is 31.2 Å². The van der Waals surface area contributed by atoms with Gasteiger partial charge in [-0.15, -0.1) is 12.4 Å². The van der Waals surface area contributed by atoms with Crippen LogP contribution in [0.25, 0.3) is 0 Å². The highest BCUT2D eigenvalue weighted by Gasteiger charge is 2.10. The quantitative estimate of drug-likeness (QED) is 0.747. The lowest BCUT2D eigenvalue weighted by Crippen LogP contribution is -2.30. The lowest BCUT2D eigenvalue weighted by atomic mass is 10.2. The van der Waals surface area contributed by atoms with E-state index in [0.29, 0.717) is 0 Å². The maximum Gasteiger partial charge on any atom is 0.257 e. The van der Waals surface area contributed by atoms with E-state index in [9.17, 15) is 4.79 Å². The van der Waals surface area contributed by atoms with Crippen molar-refractivity contribution in [2.75, 3.05) is 32.8 Å². The summed E-state index contributed by atoms with van der Waals surface area (Å²) < 4.78 is 5.47. The van der Waals surface area contributed by atoms with Crippen LogP contribution < -0.4 is 10.1 Å². The van der Waals surface area contributed by atoms with Gasteiger partial charge in [0.15, 0.2) is 6.61 Å². The van der Waals surface area contributed by atoms with Crippen LogP contribution in [0.3, 0.4) is 0 Å². The lowest BCUT2D eigenvalue weighted by Gasteiger charge is -2.14. The molecule has 1 heterocycles. The number of unbranched alkanes of at least 4 members (excludes halogenated alkanes) is 1. The van der Waals surface area contributed by atoms with Crippen LogP contribution >= 0.6 is 12.4 Å². The first-order valence-electron chi connectivity index (χ1n) is 7.92. The van der Waals surface area contributed by atoms with E-state index < -0.39 is 0 Å². The number of carbonyl (C=O) groups is 1. The zero-order valence-electron chi connectivity index (χ0n) is 13.3. The zero-order chi connectivity index (χ0) is 14.9. The van der Waals surface area contributed by atoms with Gasteiger partial charge in [-0.3, -0.25) is 4.79 Å². The summed E-state index contributed by atoms with van der Waals surface area (Å²) >= 11 is 0. The third-order valence-electron chi connectivity index (χ3n) is 3.78. The molecule has 1 saturated heterocycles. The van der Waals surface area contributed by atoms with E-state index in [4.69, 9.17) is 4.74 Å². The van der Waals surface area contributed by atoms with Gasteiger partial charge in [-0.2, -0.15) is 0 Å². The van der Waals surface area contributed by atoms with Crippen molar-refractivity contribution in [3.8, 4) is 5.75 Å². The first-order valence-corrected chi connectivity index (χ1v) is 7.92. The van der Waals surface area contributed by atoms with Gasteiger partial charge in [0.25, 0.3) is 5.91 Å². The number of amides is 1. The Bertz CT molecular complexity index is 448. The molecule has 4 nitrogen and oxygen atoms in total. The Kier molecular flexibility index (Phi) is 8.94. The highest BCUT2D eigenvalue weighted by molar-refractivity contribution is 5.85. The summed E-state index contributed by atoms with van der Waals surface area (Å²) in [6.07, 6.45) is 4.87. The Morgan fingerprint density at radius 2 is 2.05 bits per heavy atom. The van der Waals surface area contributed by atoms with Crippen molar-refractivity contribution in [2.24, 2.45) is 0 Å². The predicted octanol–water partition coefficient (Wildman–Crippen LogP) is 2.79. The van der Waals surface area contributed by atoms with E-state index in [1.54, 1.807) is 0 Å². The van der Waals surface area contributed by atoms with Gasteiger partial charge in [0, 0.05) is 6.54 Å². The third kappa shape index (κ3) is 7.14. The molecular weight excluding hydrogens is 300 g/mol. The second-order valence-electron chi connectivity index (χ2n) is 5.71. The minimum Gasteiger partial charge on any atom is -0.484 e. The molecular formula is C17H27ClN2O2. The van der Waals surface area contributed by atoms with Gasteiger partial charge in [-0.25, -0.2) is 0 Å². The molecule has 0 bridgehead atoms. The molecule has 1 aromatic rings. The summed E-state index contributed by atoms with van der Waals surface area (Å²) in [5.41, 5.74) is 1.13. The smallest absolute Gasteiger partial charge is 0.257 e. The molecule has 1 aliphatic rings. The van der Waals surface area contributed by atoms with E-state index in [0.717, 1.165) is 37.2 Å². The number of benzene rings is 1. The summed E-state index contributed by atoms with van der Waals surface area (Å²) in [6, 6.07) is 7.74. The highest BCUT2D eigenvalue weighted by Crippen LogP contribution is 2.12. The Morgan fingerprint density at radius 1 is 1.27 bits per heavy atom. The number of nitrogens with one attached hydrogen (secondary N) is 1.